The van der Waals surface area contributed by atoms with Crippen LogP contribution in [0.5, 0.6) is 11.5 Å². The molecular weight excluding hydrogens is 440 g/mol. The Morgan fingerprint density at radius 2 is 1.87 bits per heavy atom. The molecule has 0 spiro atoms. The molecule has 1 fully saturated rings. The Hall–Kier alpha value is -2.30. The molecule has 0 radical (unpaired) electrons. The summed E-state index contributed by atoms with van der Waals surface area (Å²) >= 11 is 0. The molecule has 1 saturated heterocycles. The van der Waals surface area contributed by atoms with Crippen LogP contribution in [0.4, 0.5) is 20.2 Å². The van der Waals surface area contributed by atoms with Crippen molar-refractivity contribution in [1.82, 2.24) is 5.32 Å². The number of nitrogens with one attached hydrogen (secondary N) is 2. The van der Waals surface area contributed by atoms with E-state index >= 15 is 0 Å². The van der Waals surface area contributed by atoms with Crippen LogP contribution in [-0.2, 0) is 10.0 Å². The highest BCUT2D eigenvalue weighted by Crippen LogP contribution is 2.33. The Balaban J connectivity index is 0.00000320. The number of methoxy groups -OCH3 is 1. The average molecular weight is 464 g/mol. The molecule has 1 aliphatic heterocycles. The third kappa shape index (κ3) is 5.87. The van der Waals surface area contributed by atoms with E-state index in [0.29, 0.717) is 11.4 Å². The van der Waals surface area contributed by atoms with E-state index in [9.17, 15) is 17.2 Å². The number of hydrogen-bond donors (Lipinski definition) is 2. The minimum absolute atomic E-state index is 0. The molecule has 0 saturated carbocycles. The number of nitrogens with zero attached hydrogens (tertiary/aromatic N) is 1. The Kier molecular flexibility index (Phi) is 8.51. The Morgan fingerprint density at radius 1 is 1.10 bits per heavy atom. The number of hydrogen-bond acceptors (Lipinski definition) is 6. The van der Waals surface area contributed by atoms with E-state index in [2.05, 4.69) is 19.7 Å². The summed E-state index contributed by atoms with van der Waals surface area (Å²) in [5.41, 5.74) is 1.05. The third-order valence-corrected chi connectivity index (χ3v) is 5.89. The van der Waals surface area contributed by atoms with Crippen LogP contribution in [0.1, 0.15) is 6.42 Å². The maximum atomic E-state index is 12.8. The van der Waals surface area contributed by atoms with Gasteiger partial charge in [-0.2, -0.15) is 8.78 Å². The van der Waals surface area contributed by atoms with Crippen molar-refractivity contribution in [2.75, 3.05) is 42.9 Å². The molecule has 2 aromatic carbocycles. The van der Waals surface area contributed by atoms with Gasteiger partial charge in [-0.05, 0) is 43.3 Å². The first kappa shape index (κ1) is 24.0. The molecule has 2 aromatic rings. The van der Waals surface area contributed by atoms with Gasteiger partial charge in [0.25, 0.3) is 10.0 Å². The summed E-state index contributed by atoms with van der Waals surface area (Å²) in [6.07, 6.45) is 0.942. The highest BCUT2D eigenvalue weighted by molar-refractivity contribution is 7.92. The number of ether oxygens (including phenoxy) is 2. The Bertz CT molecular complexity index is 939. The number of anilines is 2. The monoisotopic (exact) mass is 463 g/mol. The predicted octanol–water partition coefficient (Wildman–Crippen LogP) is 3.32. The fourth-order valence-electron chi connectivity index (χ4n) is 3.16. The van der Waals surface area contributed by atoms with E-state index in [1.807, 2.05) is 0 Å². The molecule has 0 aliphatic carbocycles. The molecule has 30 heavy (non-hydrogen) atoms. The zero-order valence-electron chi connectivity index (χ0n) is 16.3. The smallest absolute Gasteiger partial charge is 0.387 e. The van der Waals surface area contributed by atoms with E-state index < -0.39 is 22.4 Å². The second-order valence-corrected chi connectivity index (χ2v) is 8.06. The van der Waals surface area contributed by atoms with Crippen molar-refractivity contribution in [2.24, 2.45) is 0 Å². The molecule has 7 nitrogen and oxygen atoms in total. The second kappa shape index (κ2) is 10.6. The topological polar surface area (TPSA) is 79.9 Å². The first-order valence-corrected chi connectivity index (χ1v) is 10.6. The van der Waals surface area contributed by atoms with Gasteiger partial charge in [-0.3, -0.25) is 4.72 Å². The SMILES string of the molecule is COc1ccc(NS(=O)(=O)c2ccccc2OC(F)F)cc1N1CCCNCC1.Cl. The number of halogens is 3. The first-order chi connectivity index (χ1) is 13.9. The van der Waals surface area contributed by atoms with E-state index in [1.54, 1.807) is 25.3 Å². The number of benzene rings is 2. The van der Waals surface area contributed by atoms with E-state index in [-0.39, 0.29) is 17.3 Å². The van der Waals surface area contributed by atoms with E-state index in [0.717, 1.165) is 38.3 Å². The molecule has 11 heteroatoms. The highest BCUT2D eigenvalue weighted by atomic mass is 35.5. The minimum atomic E-state index is -4.14. The van der Waals surface area contributed by atoms with Crippen LogP contribution in [0, 0.1) is 0 Å². The lowest BCUT2D eigenvalue weighted by Crippen LogP contribution is -2.28. The largest absolute Gasteiger partial charge is 0.495 e. The Morgan fingerprint density at radius 3 is 2.60 bits per heavy atom. The number of alkyl halides is 2. The summed E-state index contributed by atoms with van der Waals surface area (Å²) in [4.78, 5) is 1.75. The molecule has 0 atom stereocenters. The minimum Gasteiger partial charge on any atom is -0.495 e. The molecule has 1 aliphatic rings. The molecule has 166 valence electrons. The number of para-hydroxylation sites is 1. The van der Waals surface area contributed by atoms with E-state index in [1.165, 1.54) is 24.3 Å². The third-order valence-electron chi connectivity index (χ3n) is 4.47. The van der Waals surface area contributed by atoms with Crippen LogP contribution >= 0.6 is 12.4 Å². The van der Waals surface area contributed by atoms with Crippen LogP contribution in [-0.4, -0.2) is 48.3 Å². The molecule has 2 N–H and O–H groups in total. The molecule has 0 amide bonds. The lowest BCUT2D eigenvalue weighted by molar-refractivity contribution is -0.0517. The molecule has 0 unspecified atom stereocenters. The van der Waals surface area contributed by atoms with Crippen molar-refractivity contribution in [3.63, 3.8) is 0 Å². The molecule has 0 bridgehead atoms. The number of rotatable bonds is 7. The second-order valence-electron chi connectivity index (χ2n) is 6.41. The average Bonchev–Trinajstić information content (AvgIpc) is 2.97. The zero-order chi connectivity index (χ0) is 20.9. The van der Waals surface area contributed by atoms with Crippen LogP contribution in [0.25, 0.3) is 0 Å². The van der Waals surface area contributed by atoms with Gasteiger partial charge < -0.3 is 19.7 Å². The lowest BCUT2D eigenvalue weighted by Gasteiger charge is -2.25. The van der Waals surface area contributed by atoms with Crippen molar-refractivity contribution >= 4 is 33.8 Å². The first-order valence-electron chi connectivity index (χ1n) is 9.11. The van der Waals surface area contributed by atoms with Crippen LogP contribution in [0.15, 0.2) is 47.4 Å². The van der Waals surface area contributed by atoms with Gasteiger partial charge in [0.15, 0.2) is 0 Å². The lowest BCUT2D eigenvalue weighted by atomic mass is 10.2. The summed E-state index contributed by atoms with van der Waals surface area (Å²) in [7, 11) is -2.59. The maximum absolute atomic E-state index is 12.8. The van der Waals surface area contributed by atoms with Gasteiger partial charge in [0, 0.05) is 19.6 Å². The number of sulfonamides is 1. The van der Waals surface area contributed by atoms with E-state index in [4.69, 9.17) is 4.74 Å². The van der Waals surface area contributed by atoms with Gasteiger partial charge >= 0.3 is 6.61 Å². The molecule has 3 rings (SSSR count). The van der Waals surface area contributed by atoms with Gasteiger partial charge in [0.2, 0.25) is 0 Å². The van der Waals surface area contributed by atoms with Crippen molar-refractivity contribution in [1.29, 1.82) is 0 Å². The van der Waals surface area contributed by atoms with Crippen molar-refractivity contribution < 1.29 is 26.7 Å². The standard InChI is InChI=1S/C19H23F2N3O4S.ClH/c1-27-16-8-7-14(13-15(16)24-11-4-9-22-10-12-24)23-29(25,26)18-6-3-2-5-17(18)28-19(20)21;/h2-3,5-8,13,19,22-23H,4,9-12H2,1H3;1H. The highest BCUT2D eigenvalue weighted by Gasteiger charge is 2.22. The van der Waals surface area contributed by atoms with Crippen molar-refractivity contribution in [2.45, 2.75) is 17.9 Å². The van der Waals surface area contributed by atoms with Crippen molar-refractivity contribution in [3.8, 4) is 11.5 Å². The van der Waals surface area contributed by atoms with Crippen molar-refractivity contribution in [3.05, 3.63) is 42.5 Å². The zero-order valence-corrected chi connectivity index (χ0v) is 17.9. The molecule has 1 heterocycles. The van der Waals surface area contributed by atoms with Gasteiger partial charge in [-0.1, -0.05) is 12.1 Å². The summed E-state index contributed by atoms with van der Waals surface area (Å²) in [5.74, 6) is 0.207. The summed E-state index contributed by atoms with van der Waals surface area (Å²) in [5, 5.41) is 3.31. The van der Waals surface area contributed by atoms with Gasteiger partial charge in [0.05, 0.1) is 18.5 Å². The van der Waals surface area contributed by atoms with Gasteiger partial charge in [-0.15, -0.1) is 12.4 Å². The maximum Gasteiger partial charge on any atom is 0.387 e. The summed E-state index contributed by atoms with van der Waals surface area (Å²) < 4.78 is 63.1. The van der Waals surface area contributed by atoms with Crippen LogP contribution in [0.2, 0.25) is 0 Å². The summed E-state index contributed by atoms with van der Waals surface area (Å²) in [6.45, 7) is 0.127. The predicted molar refractivity (Wildman–Crippen MR) is 114 cm³/mol. The normalized spacial score (nSPS) is 14.6. The Labute approximate surface area is 180 Å². The molecule has 0 aromatic heterocycles. The van der Waals surface area contributed by atoms with Crippen LogP contribution < -0.4 is 24.4 Å². The van der Waals surface area contributed by atoms with Crippen LogP contribution in [0.3, 0.4) is 0 Å². The fourth-order valence-corrected chi connectivity index (χ4v) is 4.35. The quantitative estimate of drug-likeness (QED) is 0.655. The molecular formula is C19H24ClF2N3O4S. The summed E-state index contributed by atoms with van der Waals surface area (Å²) in [6, 6.07) is 10.2. The van der Waals surface area contributed by atoms with Gasteiger partial charge in [0.1, 0.15) is 16.4 Å². The fraction of sp³-hybridized carbons (Fsp3) is 0.368. The van der Waals surface area contributed by atoms with Gasteiger partial charge in [-0.25, -0.2) is 8.42 Å².